The molecule has 2 rings (SSSR count). The lowest BCUT2D eigenvalue weighted by Gasteiger charge is -2.10. The van der Waals surface area contributed by atoms with E-state index >= 15 is 0 Å². The number of nitrogens with one attached hydrogen (secondary N) is 1. The highest BCUT2D eigenvalue weighted by Crippen LogP contribution is 2.33. The van der Waals surface area contributed by atoms with Crippen LogP contribution in [0.2, 0.25) is 5.02 Å². The maximum absolute atomic E-state index is 12.6. The van der Waals surface area contributed by atoms with E-state index in [0.29, 0.717) is 11.9 Å². The molecule has 0 amide bonds. The molecule has 0 bridgehead atoms. The van der Waals surface area contributed by atoms with E-state index < -0.39 is 16.7 Å². The highest BCUT2D eigenvalue weighted by Gasteiger charge is 2.31. The van der Waals surface area contributed by atoms with Crippen LogP contribution < -0.4 is 5.32 Å². The third-order valence-electron chi connectivity index (χ3n) is 3.11. The molecular weight excluding hydrogens is 393 g/mol. The Morgan fingerprint density at radius 1 is 1.38 bits per heavy atom. The van der Waals surface area contributed by atoms with E-state index in [0.717, 1.165) is 23.9 Å². The summed E-state index contributed by atoms with van der Waals surface area (Å²) in [5.41, 5.74) is -0.767. The second-order valence-corrected chi connectivity index (χ2v) is 6.38. The zero-order chi connectivity index (χ0) is 19.3. The topological polar surface area (TPSA) is 91.8 Å². The third kappa shape index (κ3) is 5.00. The largest absolute Gasteiger partial charge is 0.417 e. The maximum atomic E-state index is 12.6. The summed E-state index contributed by atoms with van der Waals surface area (Å²) in [6, 6.07) is 6.64. The summed E-state index contributed by atoms with van der Waals surface area (Å²) < 4.78 is 37.7. The van der Waals surface area contributed by atoms with Gasteiger partial charge in [0.05, 0.1) is 27.1 Å². The quantitative estimate of drug-likeness (QED) is 0.325. The summed E-state index contributed by atoms with van der Waals surface area (Å²) in [6.07, 6.45) is -3.82. The number of hydrogen-bond donors (Lipinski definition) is 1. The minimum absolute atomic E-state index is 0.117. The van der Waals surface area contributed by atoms with Crippen molar-refractivity contribution in [2.24, 2.45) is 0 Å². The molecule has 0 aliphatic heterocycles. The third-order valence-corrected chi connectivity index (χ3v) is 4.52. The van der Waals surface area contributed by atoms with Crippen LogP contribution in [0.1, 0.15) is 11.1 Å². The van der Waals surface area contributed by atoms with Gasteiger partial charge in [0, 0.05) is 24.6 Å². The number of thioether (sulfide) groups is 1. The Balaban J connectivity index is 1.98. The van der Waals surface area contributed by atoms with Crippen molar-refractivity contribution >= 4 is 34.7 Å². The number of anilines is 1. The predicted molar refractivity (Wildman–Crippen MR) is 91.3 cm³/mol. The molecule has 0 radical (unpaired) electrons. The van der Waals surface area contributed by atoms with Crippen LogP contribution in [0.3, 0.4) is 0 Å². The van der Waals surface area contributed by atoms with E-state index in [1.54, 1.807) is 0 Å². The summed E-state index contributed by atoms with van der Waals surface area (Å²) >= 11 is 6.92. The van der Waals surface area contributed by atoms with Gasteiger partial charge in [-0.05, 0) is 18.2 Å². The van der Waals surface area contributed by atoms with Gasteiger partial charge in [0.15, 0.2) is 0 Å². The molecule has 0 atom stereocenters. The number of nitro benzene ring substituents is 1. The minimum atomic E-state index is -4.52. The Morgan fingerprint density at radius 2 is 2.12 bits per heavy atom. The van der Waals surface area contributed by atoms with Crippen molar-refractivity contribution in [3.63, 3.8) is 0 Å². The molecule has 136 valence electrons. The van der Waals surface area contributed by atoms with Gasteiger partial charge in [0.25, 0.3) is 5.69 Å². The van der Waals surface area contributed by atoms with Crippen molar-refractivity contribution in [2.75, 3.05) is 17.6 Å². The zero-order valence-corrected chi connectivity index (χ0v) is 14.5. The molecule has 2 aromatic rings. The predicted octanol–water partition coefficient (Wildman–Crippen LogP) is 4.74. The minimum Gasteiger partial charge on any atom is -0.379 e. The highest BCUT2D eigenvalue weighted by atomic mass is 35.5. The summed E-state index contributed by atoms with van der Waals surface area (Å²) in [7, 11) is 0. The molecule has 1 aromatic heterocycles. The second kappa shape index (κ2) is 8.25. The molecule has 0 spiro atoms. The molecule has 6 nitrogen and oxygen atoms in total. The van der Waals surface area contributed by atoms with Crippen LogP contribution in [0, 0.1) is 21.4 Å². The van der Waals surface area contributed by atoms with Gasteiger partial charge in [-0.2, -0.15) is 18.4 Å². The van der Waals surface area contributed by atoms with Gasteiger partial charge in [0.1, 0.15) is 10.7 Å². The van der Waals surface area contributed by atoms with Crippen LogP contribution in [0.15, 0.2) is 35.5 Å². The van der Waals surface area contributed by atoms with Crippen LogP contribution in [0.5, 0.6) is 0 Å². The second-order valence-electron chi connectivity index (χ2n) is 4.88. The fourth-order valence-corrected chi connectivity index (χ4v) is 2.97. The van der Waals surface area contributed by atoms with Crippen molar-refractivity contribution < 1.29 is 18.1 Å². The van der Waals surface area contributed by atoms with Crippen LogP contribution in [-0.4, -0.2) is 22.2 Å². The first-order valence-electron chi connectivity index (χ1n) is 7.00. The van der Waals surface area contributed by atoms with Crippen LogP contribution in [0.4, 0.5) is 24.5 Å². The van der Waals surface area contributed by atoms with E-state index in [4.69, 9.17) is 16.9 Å². The van der Waals surface area contributed by atoms with Crippen LogP contribution >= 0.6 is 23.4 Å². The van der Waals surface area contributed by atoms with E-state index in [2.05, 4.69) is 10.3 Å². The Bertz CT molecular complexity index is 871. The number of halogens is 4. The molecule has 26 heavy (non-hydrogen) atoms. The number of benzene rings is 1. The van der Waals surface area contributed by atoms with Gasteiger partial charge < -0.3 is 5.32 Å². The standard InChI is InChI=1S/C15H10ClF3N4O2S/c16-11-6-10(15(17,18)19)8-22-14(11)26-4-3-21-12-2-1-9(7-20)5-13(12)23(24)25/h1-2,5-6,8,21H,3-4H2. The molecule has 1 aromatic carbocycles. The molecule has 0 fully saturated rings. The highest BCUT2D eigenvalue weighted by molar-refractivity contribution is 7.99. The molecule has 0 aliphatic rings. The molecule has 0 saturated heterocycles. The van der Waals surface area contributed by atoms with Crippen LogP contribution in [0.25, 0.3) is 0 Å². The average molecular weight is 403 g/mol. The zero-order valence-electron chi connectivity index (χ0n) is 12.9. The summed E-state index contributed by atoms with van der Waals surface area (Å²) in [4.78, 5) is 14.1. The number of nitrogens with zero attached hydrogens (tertiary/aromatic N) is 3. The Kier molecular flexibility index (Phi) is 6.28. The normalized spacial score (nSPS) is 11.0. The Morgan fingerprint density at radius 3 is 2.69 bits per heavy atom. The lowest BCUT2D eigenvalue weighted by molar-refractivity contribution is -0.384. The fourth-order valence-electron chi connectivity index (χ4n) is 1.92. The van der Waals surface area contributed by atoms with Crippen molar-refractivity contribution in [1.82, 2.24) is 4.98 Å². The van der Waals surface area contributed by atoms with Gasteiger partial charge in [-0.25, -0.2) is 4.98 Å². The molecule has 1 N–H and O–H groups in total. The van der Waals surface area contributed by atoms with E-state index in [-0.39, 0.29) is 33.5 Å². The molecule has 0 unspecified atom stereocenters. The van der Waals surface area contributed by atoms with Crippen molar-refractivity contribution in [1.29, 1.82) is 5.26 Å². The number of alkyl halides is 3. The number of nitro groups is 1. The van der Waals surface area contributed by atoms with Gasteiger partial charge in [0.2, 0.25) is 0 Å². The maximum Gasteiger partial charge on any atom is 0.417 e. The van der Waals surface area contributed by atoms with Gasteiger partial charge in [-0.3, -0.25) is 10.1 Å². The van der Waals surface area contributed by atoms with Crippen molar-refractivity contribution in [3.8, 4) is 6.07 Å². The van der Waals surface area contributed by atoms with E-state index in [1.165, 1.54) is 12.1 Å². The lowest BCUT2D eigenvalue weighted by Crippen LogP contribution is -2.08. The lowest BCUT2D eigenvalue weighted by atomic mass is 10.2. The number of hydrogen-bond acceptors (Lipinski definition) is 6. The van der Waals surface area contributed by atoms with Crippen molar-refractivity contribution in [2.45, 2.75) is 11.2 Å². The number of rotatable bonds is 6. The fraction of sp³-hybridized carbons (Fsp3) is 0.200. The molecule has 0 saturated carbocycles. The smallest absolute Gasteiger partial charge is 0.379 e. The number of pyridine rings is 1. The summed E-state index contributed by atoms with van der Waals surface area (Å²) in [5, 5.41) is 22.8. The molecule has 11 heteroatoms. The van der Waals surface area contributed by atoms with Gasteiger partial charge in [-0.1, -0.05) is 11.6 Å². The van der Waals surface area contributed by atoms with E-state index in [9.17, 15) is 23.3 Å². The van der Waals surface area contributed by atoms with E-state index in [1.807, 2.05) is 6.07 Å². The van der Waals surface area contributed by atoms with Gasteiger partial charge in [-0.15, -0.1) is 11.8 Å². The van der Waals surface area contributed by atoms with Crippen molar-refractivity contribution in [3.05, 3.63) is 56.7 Å². The molecule has 0 aliphatic carbocycles. The molecular formula is C15H10ClF3N4O2S. The number of aromatic nitrogens is 1. The number of nitriles is 1. The Labute approximate surface area is 155 Å². The first-order valence-corrected chi connectivity index (χ1v) is 8.36. The SMILES string of the molecule is N#Cc1ccc(NCCSc2ncc(C(F)(F)F)cc2Cl)c([N+](=O)[O-])c1. The van der Waals surface area contributed by atoms with Crippen LogP contribution in [-0.2, 0) is 6.18 Å². The first kappa shape index (κ1) is 19.8. The monoisotopic (exact) mass is 402 g/mol. The first-order chi connectivity index (χ1) is 12.2. The summed E-state index contributed by atoms with van der Waals surface area (Å²) in [5.74, 6) is 0.356. The molecule has 1 heterocycles. The van der Waals surface area contributed by atoms with Gasteiger partial charge >= 0.3 is 6.18 Å². The average Bonchev–Trinajstić information content (AvgIpc) is 2.58. The Hall–Kier alpha value is -2.51. The summed E-state index contributed by atoms with van der Waals surface area (Å²) in [6.45, 7) is 0.274.